The van der Waals surface area contributed by atoms with E-state index < -0.39 is 20.7 Å². The van der Waals surface area contributed by atoms with Crippen molar-refractivity contribution in [3.8, 4) is 5.69 Å². The maximum Gasteiger partial charge on any atom is 0.264 e. The minimum Gasteiger partial charge on any atom is -0.279 e. The Labute approximate surface area is 131 Å². The van der Waals surface area contributed by atoms with E-state index in [0.29, 0.717) is 16.9 Å². The van der Waals surface area contributed by atoms with E-state index in [1.165, 1.54) is 29.2 Å². The first-order valence-electron chi connectivity index (χ1n) is 6.59. The summed E-state index contributed by atoms with van der Waals surface area (Å²) in [5.41, 5.74) is 1.55. The van der Waals surface area contributed by atoms with Crippen molar-refractivity contribution >= 4 is 15.7 Å². The highest BCUT2D eigenvalue weighted by atomic mass is 32.2. The molecule has 0 spiro atoms. The highest BCUT2D eigenvalue weighted by Crippen LogP contribution is 2.25. The number of rotatable bonds is 4. The minimum absolute atomic E-state index is 0.321. The second kappa shape index (κ2) is 5.76. The van der Waals surface area contributed by atoms with Crippen LogP contribution in [0.3, 0.4) is 0 Å². The lowest BCUT2D eigenvalue weighted by atomic mass is 10.1. The van der Waals surface area contributed by atoms with Crippen molar-refractivity contribution in [2.45, 2.75) is 11.8 Å². The van der Waals surface area contributed by atoms with Gasteiger partial charge < -0.3 is 0 Å². The summed E-state index contributed by atoms with van der Waals surface area (Å²) in [6.45, 7) is 1.72. The Morgan fingerprint density at radius 2 is 1.91 bits per heavy atom. The summed E-state index contributed by atoms with van der Waals surface area (Å²) < 4.78 is 42.3. The molecule has 1 aromatic heterocycles. The summed E-state index contributed by atoms with van der Waals surface area (Å²) in [5, 5.41) is 10.9. The number of nitrogens with one attached hydrogen (secondary N) is 1. The lowest BCUT2D eigenvalue weighted by molar-refractivity contribution is 0.570. The smallest absolute Gasteiger partial charge is 0.264 e. The number of aromatic nitrogens is 4. The van der Waals surface area contributed by atoms with Crippen LogP contribution in [0.2, 0.25) is 0 Å². The number of nitrogens with zero attached hydrogens (tertiary/aromatic N) is 4. The van der Waals surface area contributed by atoms with Gasteiger partial charge in [-0.15, -0.1) is 5.10 Å². The van der Waals surface area contributed by atoms with Crippen LogP contribution in [0.25, 0.3) is 5.69 Å². The molecule has 3 aromatic rings. The zero-order chi connectivity index (χ0) is 16.4. The van der Waals surface area contributed by atoms with Gasteiger partial charge in [-0.25, -0.2) is 17.5 Å². The van der Waals surface area contributed by atoms with Crippen LogP contribution in [-0.2, 0) is 10.0 Å². The van der Waals surface area contributed by atoms with Crippen LogP contribution >= 0.6 is 0 Å². The van der Waals surface area contributed by atoms with Crippen molar-refractivity contribution in [3.05, 3.63) is 60.2 Å². The summed E-state index contributed by atoms with van der Waals surface area (Å²) in [6, 6.07) is 10.2. The predicted octanol–water partition coefficient (Wildman–Crippen LogP) is 1.91. The van der Waals surface area contributed by atoms with E-state index in [1.807, 2.05) is 0 Å². The second-order valence-corrected chi connectivity index (χ2v) is 6.39. The van der Waals surface area contributed by atoms with E-state index in [0.717, 1.165) is 6.07 Å². The lowest BCUT2D eigenvalue weighted by Crippen LogP contribution is -2.16. The third kappa shape index (κ3) is 2.90. The SMILES string of the molecule is Cc1c(NS(=O)(=O)c2ccccc2F)cccc1-n1cnnn1. The molecule has 0 saturated heterocycles. The van der Waals surface area contributed by atoms with Crippen LogP contribution in [0.5, 0.6) is 0 Å². The molecule has 0 bridgehead atoms. The Balaban J connectivity index is 2.01. The fourth-order valence-corrected chi connectivity index (χ4v) is 3.32. The molecule has 1 N–H and O–H groups in total. The van der Waals surface area contributed by atoms with Crippen molar-refractivity contribution in [2.24, 2.45) is 0 Å². The molecule has 9 heteroatoms. The van der Waals surface area contributed by atoms with Crippen LogP contribution in [0.15, 0.2) is 53.7 Å². The van der Waals surface area contributed by atoms with Gasteiger partial charge in [0.2, 0.25) is 0 Å². The Kier molecular flexibility index (Phi) is 3.78. The topological polar surface area (TPSA) is 89.8 Å². The average molecular weight is 333 g/mol. The zero-order valence-corrected chi connectivity index (χ0v) is 12.8. The monoisotopic (exact) mass is 333 g/mol. The number of hydrogen-bond donors (Lipinski definition) is 1. The molecule has 118 valence electrons. The fraction of sp³-hybridized carbons (Fsp3) is 0.0714. The quantitative estimate of drug-likeness (QED) is 0.788. The van der Waals surface area contributed by atoms with Crippen LogP contribution in [0, 0.1) is 12.7 Å². The van der Waals surface area contributed by atoms with E-state index in [1.54, 1.807) is 25.1 Å². The van der Waals surface area contributed by atoms with Crippen molar-refractivity contribution in [2.75, 3.05) is 4.72 Å². The van der Waals surface area contributed by atoms with E-state index in [4.69, 9.17) is 0 Å². The Hall–Kier alpha value is -2.81. The first-order valence-corrected chi connectivity index (χ1v) is 8.08. The summed E-state index contributed by atoms with van der Waals surface area (Å²) >= 11 is 0. The molecule has 2 aromatic carbocycles. The molecule has 7 nitrogen and oxygen atoms in total. The van der Waals surface area contributed by atoms with Gasteiger partial charge in [-0.05, 0) is 47.2 Å². The van der Waals surface area contributed by atoms with Crippen molar-refractivity contribution in [1.29, 1.82) is 0 Å². The fourth-order valence-electron chi connectivity index (χ4n) is 2.12. The number of hydrogen-bond acceptors (Lipinski definition) is 5. The number of benzene rings is 2. The standard InChI is InChI=1S/C14H12FN5O2S/c1-10-12(6-4-7-13(10)20-9-16-18-19-20)17-23(21,22)14-8-3-2-5-11(14)15/h2-9,17H,1H3. The highest BCUT2D eigenvalue weighted by Gasteiger charge is 2.20. The van der Waals surface area contributed by atoms with Crippen LogP contribution < -0.4 is 4.72 Å². The third-order valence-electron chi connectivity index (χ3n) is 3.27. The maximum atomic E-state index is 13.7. The minimum atomic E-state index is -4.04. The molecule has 0 fully saturated rings. The molecule has 0 saturated carbocycles. The molecule has 0 atom stereocenters. The summed E-state index contributed by atoms with van der Waals surface area (Å²) in [4.78, 5) is -0.410. The number of anilines is 1. The summed E-state index contributed by atoms with van der Waals surface area (Å²) in [6.07, 6.45) is 1.40. The molecule has 0 unspecified atom stereocenters. The molecule has 1 heterocycles. The molecule has 0 aliphatic carbocycles. The van der Waals surface area contributed by atoms with Gasteiger partial charge in [0.05, 0.1) is 11.4 Å². The van der Waals surface area contributed by atoms with Gasteiger partial charge in [0, 0.05) is 0 Å². The van der Waals surface area contributed by atoms with E-state index in [2.05, 4.69) is 20.2 Å². The van der Waals surface area contributed by atoms with Crippen LogP contribution in [0.4, 0.5) is 10.1 Å². The van der Waals surface area contributed by atoms with Gasteiger partial charge in [0.1, 0.15) is 17.0 Å². The second-order valence-electron chi connectivity index (χ2n) is 4.74. The first kappa shape index (κ1) is 15.1. The lowest BCUT2D eigenvalue weighted by Gasteiger charge is -2.13. The number of tetrazole rings is 1. The summed E-state index contributed by atoms with van der Waals surface area (Å²) in [7, 11) is -4.04. The van der Waals surface area contributed by atoms with Crippen LogP contribution in [0.1, 0.15) is 5.56 Å². The van der Waals surface area contributed by atoms with Gasteiger partial charge in [-0.1, -0.05) is 18.2 Å². The number of halogens is 1. The Morgan fingerprint density at radius 3 is 2.61 bits per heavy atom. The molecular weight excluding hydrogens is 321 g/mol. The molecule has 0 aliphatic rings. The first-order chi connectivity index (χ1) is 11.0. The van der Waals surface area contributed by atoms with Crippen molar-refractivity contribution in [1.82, 2.24) is 20.2 Å². The highest BCUT2D eigenvalue weighted by molar-refractivity contribution is 7.92. The van der Waals surface area contributed by atoms with Gasteiger partial charge in [0.15, 0.2) is 0 Å². The van der Waals surface area contributed by atoms with Gasteiger partial charge >= 0.3 is 0 Å². The molecule has 3 rings (SSSR count). The van der Waals surface area contributed by atoms with E-state index in [-0.39, 0.29) is 0 Å². The maximum absolute atomic E-state index is 13.7. The van der Waals surface area contributed by atoms with Crippen molar-refractivity contribution in [3.63, 3.8) is 0 Å². The third-order valence-corrected chi connectivity index (χ3v) is 4.67. The van der Waals surface area contributed by atoms with Gasteiger partial charge in [0.25, 0.3) is 10.0 Å². The molecule has 0 radical (unpaired) electrons. The van der Waals surface area contributed by atoms with Crippen molar-refractivity contribution < 1.29 is 12.8 Å². The Bertz CT molecular complexity index is 942. The number of sulfonamides is 1. The van der Waals surface area contributed by atoms with Gasteiger partial charge in [-0.3, -0.25) is 4.72 Å². The van der Waals surface area contributed by atoms with E-state index >= 15 is 0 Å². The van der Waals surface area contributed by atoms with Crippen LogP contribution in [-0.4, -0.2) is 28.6 Å². The zero-order valence-electron chi connectivity index (χ0n) is 12.0. The van der Waals surface area contributed by atoms with Gasteiger partial charge in [-0.2, -0.15) is 0 Å². The largest absolute Gasteiger partial charge is 0.279 e. The predicted molar refractivity (Wildman–Crippen MR) is 81.1 cm³/mol. The molecule has 0 aliphatic heterocycles. The average Bonchev–Trinajstić information content (AvgIpc) is 3.03. The normalized spacial score (nSPS) is 11.4. The molecule has 0 amide bonds. The van der Waals surface area contributed by atoms with E-state index in [9.17, 15) is 12.8 Å². The Morgan fingerprint density at radius 1 is 1.13 bits per heavy atom. The molecule has 23 heavy (non-hydrogen) atoms. The molecular formula is C14H12FN5O2S. The summed E-state index contributed by atoms with van der Waals surface area (Å²) in [5.74, 6) is -0.811.